The van der Waals surface area contributed by atoms with E-state index in [1.807, 2.05) is 39.0 Å². The molecule has 28 heavy (non-hydrogen) atoms. The molecule has 5 nitrogen and oxygen atoms in total. The Kier molecular flexibility index (Phi) is 5.91. The molecule has 0 spiro atoms. The smallest absolute Gasteiger partial charge is 0.255 e. The fraction of sp³-hybridized carbons (Fsp3) is 0.409. The van der Waals surface area contributed by atoms with Crippen LogP contribution in [0.1, 0.15) is 46.8 Å². The number of piperidine rings is 1. The van der Waals surface area contributed by atoms with Crippen LogP contribution in [-0.2, 0) is 10.0 Å². The van der Waals surface area contributed by atoms with Crippen molar-refractivity contribution in [1.82, 2.24) is 4.31 Å². The molecule has 0 atom stereocenters. The zero-order chi connectivity index (χ0) is 20.5. The Bertz CT molecular complexity index is 971. The van der Waals surface area contributed by atoms with Crippen molar-refractivity contribution in [2.24, 2.45) is 5.92 Å². The van der Waals surface area contributed by atoms with Gasteiger partial charge in [-0.25, -0.2) is 8.42 Å². The molecule has 2 aromatic rings. The minimum atomic E-state index is -3.59. The molecule has 1 amide bonds. The van der Waals surface area contributed by atoms with Crippen LogP contribution in [0.4, 0.5) is 5.69 Å². The topological polar surface area (TPSA) is 66.5 Å². The lowest BCUT2D eigenvalue weighted by molar-refractivity contribution is 0.102. The molecule has 1 saturated heterocycles. The molecule has 3 rings (SSSR count). The van der Waals surface area contributed by atoms with Gasteiger partial charge in [0.2, 0.25) is 10.0 Å². The van der Waals surface area contributed by atoms with Gasteiger partial charge in [0, 0.05) is 24.3 Å². The van der Waals surface area contributed by atoms with E-state index in [0.717, 1.165) is 35.2 Å². The normalized spacial score (nSPS) is 16.1. The zero-order valence-electron chi connectivity index (χ0n) is 17.0. The van der Waals surface area contributed by atoms with Crippen LogP contribution in [0.5, 0.6) is 0 Å². The second kappa shape index (κ2) is 8.05. The maximum Gasteiger partial charge on any atom is 0.255 e. The summed E-state index contributed by atoms with van der Waals surface area (Å²) in [5, 5.41) is 2.95. The Balaban J connectivity index is 1.90. The summed E-state index contributed by atoms with van der Waals surface area (Å²) in [7, 11) is -3.59. The van der Waals surface area contributed by atoms with E-state index >= 15 is 0 Å². The van der Waals surface area contributed by atoms with Crippen LogP contribution in [-0.4, -0.2) is 31.7 Å². The van der Waals surface area contributed by atoms with Gasteiger partial charge in [-0.05, 0) is 68.4 Å². The van der Waals surface area contributed by atoms with E-state index in [1.54, 1.807) is 12.1 Å². The van der Waals surface area contributed by atoms with Crippen molar-refractivity contribution in [2.45, 2.75) is 45.4 Å². The molecule has 1 heterocycles. The molecule has 0 saturated carbocycles. The molecular formula is C22H28N2O3S. The van der Waals surface area contributed by atoms with Crippen LogP contribution in [0.3, 0.4) is 0 Å². The lowest BCUT2D eigenvalue weighted by Crippen LogP contribution is -2.38. The highest BCUT2D eigenvalue weighted by Gasteiger charge is 2.29. The highest BCUT2D eigenvalue weighted by Crippen LogP contribution is 2.26. The number of benzene rings is 2. The Hall–Kier alpha value is -2.18. The van der Waals surface area contributed by atoms with E-state index in [2.05, 4.69) is 12.2 Å². The highest BCUT2D eigenvalue weighted by molar-refractivity contribution is 7.89. The number of rotatable bonds is 4. The summed E-state index contributed by atoms with van der Waals surface area (Å²) in [6, 6.07) is 10.6. The fourth-order valence-corrected chi connectivity index (χ4v) is 5.07. The summed E-state index contributed by atoms with van der Waals surface area (Å²) in [5.41, 5.74) is 3.84. The summed E-state index contributed by atoms with van der Waals surface area (Å²) in [4.78, 5) is 13.1. The van der Waals surface area contributed by atoms with Gasteiger partial charge in [-0.1, -0.05) is 31.2 Å². The zero-order valence-corrected chi connectivity index (χ0v) is 17.8. The third kappa shape index (κ3) is 4.13. The Morgan fingerprint density at radius 1 is 1.00 bits per heavy atom. The molecule has 1 fully saturated rings. The Labute approximate surface area is 167 Å². The van der Waals surface area contributed by atoms with E-state index in [4.69, 9.17) is 0 Å². The number of anilines is 1. The van der Waals surface area contributed by atoms with Gasteiger partial charge < -0.3 is 5.32 Å². The van der Waals surface area contributed by atoms with Crippen molar-refractivity contribution in [3.05, 3.63) is 58.7 Å². The van der Waals surface area contributed by atoms with Crippen molar-refractivity contribution in [3.63, 3.8) is 0 Å². The quantitative estimate of drug-likeness (QED) is 0.833. The number of amides is 1. The number of nitrogens with zero attached hydrogens (tertiary/aromatic N) is 1. The van der Waals surface area contributed by atoms with Gasteiger partial charge in [0.25, 0.3) is 5.91 Å². The first-order chi connectivity index (χ1) is 13.2. The lowest BCUT2D eigenvalue weighted by atomic mass is 10.0. The SMILES string of the molecule is Cc1ccc(S(=O)(=O)N2CCC(C)CC2)cc1C(=O)Nc1c(C)cccc1C. The summed E-state index contributed by atoms with van der Waals surface area (Å²) < 4.78 is 27.6. The Morgan fingerprint density at radius 2 is 1.61 bits per heavy atom. The summed E-state index contributed by atoms with van der Waals surface area (Å²) in [6.07, 6.45) is 1.73. The number of sulfonamides is 1. The first-order valence-electron chi connectivity index (χ1n) is 9.68. The lowest BCUT2D eigenvalue weighted by Gasteiger charge is -2.29. The van der Waals surface area contributed by atoms with Gasteiger partial charge in [0.15, 0.2) is 0 Å². The van der Waals surface area contributed by atoms with Crippen LogP contribution < -0.4 is 5.32 Å². The number of carbonyl (C=O) groups excluding carboxylic acids is 1. The predicted octanol–water partition coefficient (Wildman–Crippen LogP) is 4.28. The van der Waals surface area contributed by atoms with Gasteiger partial charge in [0.1, 0.15) is 0 Å². The van der Waals surface area contributed by atoms with E-state index in [9.17, 15) is 13.2 Å². The van der Waals surface area contributed by atoms with Crippen LogP contribution >= 0.6 is 0 Å². The van der Waals surface area contributed by atoms with Crippen LogP contribution in [0.15, 0.2) is 41.3 Å². The molecular weight excluding hydrogens is 372 g/mol. The van der Waals surface area contributed by atoms with Crippen molar-refractivity contribution in [1.29, 1.82) is 0 Å². The van der Waals surface area contributed by atoms with Crippen molar-refractivity contribution < 1.29 is 13.2 Å². The van der Waals surface area contributed by atoms with Gasteiger partial charge in [-0.3, -0.25) is 4.79 Å². The van der Waals surface area contributed by atoms with E-state index in [0.29, 0.717) is 24.6 Å². The number of hydrogen-bond donors (Lipinski definition) is 1. The van der Waals surface area contributed by atoms with Gasteiger partial charge >= 0.3 is 0 Å². The number of carbonyl (C=O) groups is 1. The molecule has 1 aliphatic rings. The first-order valence-corrected chi connectivity index (χ1v) is 11.1. The van der Waals surface area contributed by atoms with Crippen LogP contribution in [0, 0.1) is 26.7 Å². The van der Waals surface area contributed by atoms with E-state index in [1.165, 1.54) is 10.4 Å². The number of hydrogen-bond acceptors (Lipinski definition) is 3. The minimum Gasteiger partial charge on any atom is -0.321 e. The average molecular weight is 401 g/mol. The minimum absolute atomic E-state index is 0.180. The largest absolute Gasteiger partial charge is 0.321 e. The standard InChI is InChI=1S/C22H28N2O3S/c1-15-10-12-24(13-11-15)28(26,27)19-9-8-16(2)20(14-19)22(25)23-21-17(3)6-5-7-18(21)4/h5-9,14-15H,10-13H2,1-4H3,(H,23,25). The van der Waals surface area contributed by atoms with Crippen molar-refractivity contribution in [3.8, 4) is 0 Å². The molecule has 2 aromatic carbocycles. The molecule has 6 heteroatoms. The highest BCUT2D eigenvalue weighted by atomic mass is 32.2. The maximum absolute atomic E-state index is 13.0. The third-order valence-electron chi connectivity index (χ3n) is 5.55. The molecule has 0 radical (unpaired) electrons. The summed E-state index contributed by atoms with van der Waals surface area (Å²) >= 11 is 0. The first kappa shape index (κ1) is 20.6. The summed E-state index contributed by atoms with van der Waals surface area (Å²) in [5.74, 6) is 0.252. The third-order valence-corrected chi connectivity index (χ3v) is 7.45. The van der Waals surface area contributed by atoms with Crippen LogP contribution in [0.2, 0.25) is 0 Å². The average Bonchev–Trinajstić information content (AvgIpc) is 2.65. The van der Waals surface area contributed by atoms with Gasteiger partial charge in [-0.15, -0.1) is 0 Å². The van der Waals surface area contributed by atoms with Crippen molar-refractivity contribution in [2.75, 3.05) is 18.4 Å². The van der Waals surface area contributed by atoms with E-state index in [-0.39, 0.29) is 10.8 Å². The molecule has 0 aliphatic carbocycles. The molecule has 1 N–H and O–H groups in total. The maximum atomic E-state index is 13.0. The Morgan fingerprint density at radius 3 is 2.21 bits per heavy atom. The van der Waals surface area contributed by atoms with Crippen LogP contribution in [0.25, 0.3) is 0 Å². The molecule has 0 unspecified atom stereocenters. The molecule has 150 valence electrons. The predicted molar refractivity (Wildman–Crippen MR) is 112 cm³/mol. The number of aryl methyl sites for hydroxylation is 3. The molecule has 1 aliphatic heterocycles. The monoisotopic (exact) mass is 400 g/mol. The fourth-order valence-electron chi connectivity index (χ4n) is 3.57. The van der Waals surface area contributed by atoms with Crippen molar-refractivity contribution >= 4 is 21.6 Å². The van der Waals surface area contributed by atoms with E-state index < -0.39 is 10.0 Å². The second-order valence-electron chi connectivity index (χ2n) is 7.78. The molecule has 0 aromatic heterocycles. The second-order valence-corrected chi connectivity index (χ2v) is 9.72. The molecule has 0 bridgehead atoms. The van der Waals surface area contributed by atoms with Gasteiger partial charge in [-0.2, -0.15) is 4.31 Å². The number of nitrogens with one attached hydrogen (secondary N) is 1. The number of para-hydroxylation sites is 1. The summed E-state index contributed by atoms with van der Waals surface area (Å²) in [6.45, 7) is 8.90. The van der Waals surface area contributed by atoms with Gasteiger partial charge in [0.05, 0.1) is 4.90 Å².